The van der Waals surface area contributed by atoms with Gasteiger partial charge in [-0.25, -0.2) is 4.79 Å². The van der Waals surface area contributed by atoms with Crippen LogP contribution in [0, 0.1) is 5.92 Å². The zero-order valence-electron chi connectivity index (χ0n) is 14.8. The zero-order chi connectivity index (χ0) is 18.9. The van der Waals surface area contributed by atoms with E-state index < -0.39 is 12.0 Å². The third-order valence-electron chi connectivity index (χ3n) is 3.64. The number of esters is 1. The molecule has 2 rings (SSSR count). The van der Waals surface area contributed by atoms with Gasteiger partial charge in [0.05, 0.1) is 0 Å². The van der Waals surface area contributed by atoms with Crippen molar-refractivity contribution in [3.63, 3.8) is 0 Å². The molecule has 1 amide bonds. The van der Waals surface area contributed by atoms with E-state index >= 15 is 0 Å². The fourth-order valence-electron chi connectivity index (χ4n) is 2.26. The molecule has 0 aliphatic heterocycles. The summed E-state index contributed by atoms with van der Waals surface area (Å²) in [4.78, 5) is 24.6. The largest absolute Gasteiger partial charge is 0.490 e. The average molecular weight is 376 g/mol. The van der Waals surface area contributed by atoms with Crippen LogP contribution in [0.1, 0.15) is 24.2 Å². The van der Waals surface area contributed by atoms with Crippen molar-refractivity contribution in [2.45, 2.75) is 19.9 Å². The van der Waals surface area contributed by atoms with Crippen LogP contribution in [0.25, 0.3) is 0 Å². The summed E-state index contributed by atoms with van der Waals surface area (Å²) >= 11 is 5.88. The van der Waals surface area contributed by atoms with Crippen molar-refractivity contribution in [2.75, 3.05) is 13.2 Å². The number of hydrogen-bond donors (Lipinski definition) is 1. The summed E-state index contributed by atoms with van der Waals surface area (Å²) in [6.07, 6.45) is 0. The second-order valence-corrected chi connectivity index (χ2v) is 6.47. The maximum atomic E-state index is 12.3. The Bertz CT molecular complexity index is 734. The molecular formula is C20H22ClNO4. The van der Waals surface area contributed by atoms with Crippen molar-refractivity contribution >= 4 is 23.5 Å². The molecule has 26 heavy (non-hydrogen) atoms. The van der Waals surface area contributed by atoms with Crippen LogP contribution in [0.5, 0.6) is 5.75 Å². The van der Waals surface area contributed by atoms with Crippen molar-refractivity contribution < 1.29 is 19.1 Å². The first-order valence-corrected chi connectivity index (χ1v) is 8.76. The minimum Gasteiger partial charge on any atom is -0.490 e. The maximum Gasteiger partial charge on any atom is 0.329 e. The van der Waals surface area contributed by atoms with Crippen LogP contribution in [-0.2, 0) is 9.53 Å². The number of hydrogen-bond acceptors (Lipinski definition) is 4. The topological polar surface area (TPSA) is 64.6 Å². The highest BCUT2D eigenvalue weighted by Crippen LogP contribution is 2.17. The second-order valence-electron chi connectivity index (χ2n) is 6.03. The highest BCUT2D eigenvalue weighted by Gasteiger charge is 2.26. The molecule has 1 N–H and O–H groups in total. The van der Waals surface area contributed by atoms with Crippen molar-refractivity contribution in [1.82, 2.24) is 5.32 Å². The molecule has 0 fully saturated rings. The van der Waals surface area contributed by atoms with Crippen molar-refractivity contribution in [3.8, 4) is 5.75 Å². The van der Waals surface area contributed by atoms with Gasteiger partial charge in [-0.05, 0) is 36.2 Å². The van der Waals surface area contributed by atoms with E-state index in [0.29, 0.717) is 16.3 Å². The molecule has 5 nitrogen and oxygen atoms in total. The van der Waals surface area contributed by atoms with E-state index in [0.717, 1.165) is 0 Å². The minimum absolute atomic E-state index is 0.0791. The summed E-state index contributed by atoms with van der Waals surface area (Å²) in [6, 6.07) is 15.0. The van der Waals surface area contributed by atoms with Gasteiger partial charge in [-0.3, -0.25) is 4.79 Å². The lowest BCUT2D eigenvalue weighted by molar-refractivity contribution is -0.147. The van der Waals surface area contributed by atoms with Gasteiger partial charge in [0.15, 0.2) is 0 Å². The van der Waals surface area contributed by atoms with Crippen LogP contribution in [0.15, 0.2) is 54.6 Å². The molecule has 0 spiro atoms. The van der Waals surface area contributed by atoms with Crippen LogP contribution >= 0.6 is 11.6 Å². The molecule has 6 heteroatoms. The van der Waals surface area contributed by atoms with Gasteiger partial charge < -0.3 is 14.8 Å². The Morgan fingerprint density at radius 2 is 1.77 bits per heavy atom. The Morgan fingerprint density at radius 1 is 1.04 bits per heavy atom. The lowest BCUT2D eigenvalue weighted by atomic mass is 10.0. The summed E-state index contributed by atoms with van der Waals surface area (Å²) in [5.41, 5.74) is 0.496. The predicted octanol–water partition coefficient (Wildman–Crippen LogP) is 3.72. The summed E-state index contributed by atoms with van der Waals surface area (Å²) in [5, 5.41) is 3.30. The van der Waals surface area contributed by atoms with Gasteiger partial charge in [-0.2, -0.15) is 0 Å². The number of carbonyl (C=O) groups is 2. The van der Waals surface area contributed by atoms with E-state index in [1.54, 1.807) is 48.5 Å². The molecular weight excluding hydrogens is 354 g/mol. The summed E-state index contributed by atoms with van der Waals surface area (Å²) < 4.78 is 10.7. The molecule has 0 saturated carbocycles. The number of carbonyl (C=O) groups excluding carboxylic acids is 2. The molecule has 2 aromatic rings. The van der Waals surface area contributed by atoms with Crippen LogP contribution < -0.4 is 10.1 Å². The van der Waals surface area contributed by atoms with Gasteiger partial charge >= 0.3 is 5.97 Å². The fourth-order valence-corrected chi connectivity index (χ4v) is 2.44. The molecule has 0 saturated heterocycles. The maximum absolute atomic E-state index is 12.3. The highest BCUT2D eigenvalue weighted by atomic mass is 35.5. The summed E-state index contributed by atoms with van der Waals surface area (Å²) in [5.74, 6) is -0.300. The lowest BCUT2D eigenvalue weighted by Gasteiger charge is -2.21. The molecule has 0 radical (unpaired) electrons. The van der Waals surface area contributed by atoms with Crippen molar-refractivity contribution in [1.29, 1.82) is 0 Å². The lowest BCUT2D eigenvalue weighted by Crippen LogP contribution is -2.45. The average Bonchev–Trinajstić information content (AvgIpc) is 2.63. The molecule has 0 aromatic heterocycles. The van der Waals surface area contributed by atoms with E-state index in [1.165, 1.54) is 0 Å². The molecule has 1 atom stereocenters. The molecule has 0 heterocycles. The Balaban J connectivity index is 1.83. The number of nitrogens with one attached hydrogen (secondary N) is 1. The predicted molar refractivity (Wildman–Crippen MR) is 100 cm³/mol. The Kier molecular flexibility index (Phi) is 7.48. The Morgan fingerprint density at radius 3 is 2.42 bits per heavy atom. The number of benzene rings is 2. The first-order valence-electron chi connectivity index (χ1n) is 8.38. The Hall–Kier alpha value is -2.53. The van der Waals surface area contributed by atoms with Gasteiger partial charge in [0.25, 0.3) is 5.91 Å². The van der Waals surface area contributed by atoms with Gasteiger partial charge in [-0.15, -0.1) is 0 Å². The summed E-state index contributed by atoms with van der Waals surface area (Å²) in [7, 11) is 0. The first-order chi connectivity index (χ1) is 12.5. The third-order valence-corrected chi connectivity index (χ3v) is 3.87. The molecule has 138 valence electrons. The zero-order valence-corrected chi connectivity index (χ0v) is 15.5. The van der Waals surface area contributed by atoms with Crippen LogP contribution in [-0.4, -0.2) is 31.1 Å². The van der Waals surface area contributed by atoms with Gasteiger partial charge in [0, 0.05) is 10.6 Å². The van der Waals surface area contributed by atoms with Crippen molar-refractivity contribution in [2.24, 2.45) is 5.92 Å². The van der Waals surface area contributed by atoms with Gasteiger partial charge in [0.2, 0.25) is 0 Å². The molecule has 0 aliphatic rings. The van der Waals surface area contributed by atoms with Crippen molar-refractivity contribution in [3.05, 3.63) is 65.2 Å². The number of rotatable bonds is 8. The number of amides is 1. The van der Waals surface area contributed by atoms with Gasteiger partial charge in [-0.1, -0.05) is 49.7 Å². The van der Waals surface area contributed by atoms with Gasteiger partial charge in [0.1, 0.15) is 25.0 Å². The minimum atomic E-state index is -0.728. The van der Waals surface area contributed by atoms with E-state index in [4.69, 9.17) is 21.1 Å². The molecule has 0 bridgehead atoms. The highest BCUT2D eigenvalue weighted by molar-refractivity contribution is 6.30. The van der Waals surface area contributed by atoms with E-state index in [2.05, 4.69) is 5.32 Å². The van der Waals surface area contributed by atoms with Crippen LogP contribution in [0.4, 0.5) is 0 Å². The summed E-state index contributed by atoms with van der Waals surface area (Å²) in [6.45, 7) is 3.97. The van der Waals surface area contributed by atoms with E-state index in [1.807, 2.05) is 19.9 Å². The number of halogens is 1. The second kappa shape index (κ2) is 9.82. The monoisotopic (exact) mass is 375 g/mol. The third kappa shape index (κ3) is 6.08. The van der Waals surface area contributed by atoms with E-state index in [-0.39, 0.29) is 25.0 Å². The molecule has 2 aromatic carbocycles. The van der Waals surface area contributed by atoms with Crippen LogP contribution in [0.2, 0.25) is 5.02 Å². The quantitative estimate of drug-likeness (QED) is 0.564. The first kappa shape index (κ1) is 19.8. The molecule has 0 aliphatic carbocycles. The van der Waals surface area contributed by atoms with Crippen LogP contribution in [0.3, 0.4) is 0 Å². The van der Waals surface area contributed by atoms with E-state index in [9.17, 15) is 9.59 Å². The fraction of sp³-hybridized carbons (Fsp3) is 0.300. The SMILES string of the molecule is CC(C)[C@H](NC(=O)c1ccccc1)C(=O)OCCOc1cccc(Cl)c1. The Labute approximate surface area is 158 Å². The number of ether oxygens (including phenoxy) is 2. The standard InChI is InChI=1S/C20H22ClNO4/c1-14(2)18(22-19(23)15-7-4-3-5-8-15)20(24)26-12-11-25-17-10-6-9-16(21)13-17/h3-10,13-14,18H,11-12H2,1-2H3,(H,22,23)/t18-/m0/s1. The normalized spacial score (nSPS) is 11.7. The molecule has 0 unspecified atom stereocenters. The smallest absolute Gasteiger partial charge is 0.329 e.